The summed E-state index contributed by atoms with van der Waals surface area (Å²) in [6.07, 6.45) is 9.23. The largest absolute Gasteiger partial charge is 0.317 e. The Balaban J connectivity index is 1.94. The van der Waals surface area contributed by atoms with Gasteiger partial charge in [0.05, 0.1) is 0 Å². The molecule has 0 aliphatic rings. The third kappa shape index (κ3) is 4.86. The number of rotatable bonds is 9. The molecule has 2 aromatic carbocycles. The van der Waals surface area contributed by atoms with E-state index in [0.29, 0.717) is 6.04 Å². The molecule has 0 saturated heterocycles. The first kappa shape index (κ1) is 16.0. The molecular formula is C20H29N. The van der Waals surface area contributed by atoms with E-state index in [1.807, 2.05) is 0 Å². The van der Waals surface area contributed by atoms with Crippen molar-refractivity contribution >= 4 is 10.8 Å². The summed E-state index contributed by atoms with van der Waals surface area (Å²) in [6, 6.07) is 16.0. The lowest BCUT2D eigenvalue weighted by Gasteiger charge is -2.17. The minimum absolute atomic E-state index is 0.595. The molecule has 0 aliphatic carbocycles. The second-order valence-corrected chi connectivity index (χ2v) is 6.03. The molecule has 0 aliphatic heterocycles. The van der Waals surface area contributed by atoms with Crippen molar-refractivity contribution in [3.63, 3.8) is 0 Å². The van der Waals surface area contributed by atoms with Gasteiger partial charge in [-0.25, -0.2) is 0 Å². The minimum Gasteiger partial charge on any atom is -0.317 e. The molecule has 1 atom stereocenters. The molecule has 114 valence electrons. The molecule has 0 aromatic heterocycles. The third-order valence-electron chi connectivity index (χ3n) is 4.41. The zero-order valence-electron chi connectivity index (χ0n) is 13.6. The highest BCUT2D eigenvalue weighted by molar-refractivity contribution is 5.85. The highest BCUT2D eigenvalue weighted by Gasteiger charge is 2.09. The van der Waals surface area contributed by atoms with Crippen molar-refractivity contribution in [3.8, 4) is 0 Å². The standard InChI is InChI=1S/C20H29N/c1-3-4-5-6-7-14-19(21-2)16-18-13-10-12-17-11-8-9-15-20(17)18/h8-13,15,19,21H,3-7,14,16H2,1-2H3/t19-/m0/s1. The first-order chi connectivity index (χ1) is 10.3. The van der Waals surface area contributed by atoms with Gasteiger partial charge >= 0.3 is 0 Å². The second-order valence-electron chi connectivity index (χ2n) is 6.03. The molecule has 0 unspecified atom stereocenters. The summed E-state index contributed by atoms with van der Waals surface area (Å²) in [5, 5.41) is 6.27. The Labute approximate surface area is 129 Å². The van der Waals surface area contributed by atoms with Crippen LogP contribution in [0.3, 0.4) is 0 Å². The molecular weight excluding hydrogens is 254 g/mol. The molecule has 1 nitrogen and oxygen atoms in total. The second kappa shape index (κ2) is 8.84. The van der Waals surface area contributed by atoms with Crippen LogP contribution in [0.5, 0.6) is 0 Å². The van der Waals surface area contributed by atoms with Gasteiger partial charge in [-0.05, 0) is 36.2 Å². The van der Waals surface area contributed by atoms with Crippen molar-refractivity contribution in [3.05, 3.63) is 48.0 Å². The highest BCUT2D eigenvalue weighted by atomic mass is 14.9. The predicted molar refractivity (Wildman–Crippen MR) is 93.9 cm³/mol. The van der Waals surface area contributed by atoms with Crippen molar-refractivity contribution in [2.24, 2.45) is 0 Å². The molecule has 0 saturated carbocycles. The lowest BCUT2D eigenvalue weighted by molar-refractivity contribution is 0.483. The summed E-state index contributed by atoms with van der Waals surface area (Å²) in [7, 11) is 2.10. The van der Waals surface area contributed by atoms with E-state index < -0.39 is 0 Å². The Bertz CT molecular complexity index is 527. The Morgan fingerprint density at radius 1 is 0.905 bits per heavy atom. The van der Waals surface area contributed by atoms with Crippen LogP contribution in [0.2, 0.25) is 0 Å². The van der Waals surface area contributed by atoms with E-state index in [1.165, 1.54) is 54.9 Å². The summed E-state index contributed by atoms with van der Waals surface area (Å²) in [5.41, 5.74) is 1.47. The van der Waals surface area contributed by atoms with Gasteiger partial charge in [-0.15, -0.1) is 0 Å². The van der Waals surface area contributed by atoms with Crippen molar-refractivity contribution in [1.82, 2.24) is 5.32 Å². The Morgan fingerprint density at radius 2 is 1.67 bits per heavy atom. The molecule has 1 heteroatoms. The monoisotopic (exact) mass is 283 g/mol. The first-order valence-corrected chi connectivity index (χ1v) is 8.49. The maximum absolute atomic E-state index is 3.51. The molecule has 0 fully saturated rings. The van der Waals surface area contributed by atoms with Crippen LogP contribution in [0.25, 0.3) is 10.8 Å². The van der Waals surface area contributed by atoms with Gasteiger partial charge in [-0.2, -0.15) is 0 Å². The Morgan fingerprint density at radius 3 is 2.48 bits per heavy atom. The van der Waals surface area contributed by atoms with E-state index in [-0.39, 0.29) is 0 Å². The van der Waals surface area contributed by atoms with E-state index in [4.69, 9.17) is 0 Å². The average molecular weight is 283 g/mol. The molecule has 1 N–H and O–H groups in total. The maximum atomic E-state index is 3.51. The summed E-state index contributed by atoms with van der Waals surface area (Å²) in [4.78, 5) is 0. The van der Waals surface area contributed by atoms with Gasteiger partial charge in [0.15, 0.2) is 0 Å². The Kier molecular flexibility index (Phi) is 6.75. The minimum atomic E-state index is 0.595. The van der Waals surface area contributed by atoms with Gasteiger partial charge in [-0.1, -0.05) is 81.5 Å². The molecule has 2 aromatic rings. The van der Waals surface area contributed by atoms with E-state index >= 15 is 0 Å². The average Bonchev–Trinajstić information content (AvgIpc) is 2.53. The molecule has 0 spiro atoms. The van der Waals surface area contributed by atoms with Crippen LogP contribution in [0, 0.1) is 0 Å². The SMILES string of the molecule is CCCCCCC[C@@H](Cc1cccc2ccccc12)NC. The quantitative estimate of drug-likeness (QED) is 0.613. The zero-order chi connectivity index (χ0) is 14.9. The van der Waals surface area contributed by atoms with E-state index in [1.54, 1.807) is 0 Å². The number of hydrogen-bond donors (Lipinski definition) is 1. The van der Waals surface area contributed by atoms with Gasteiger partial charge < -0.3 is 5.32 Å². The summed E-state index contributed by atoms with van der Waals surface area (Å²) >= 11 is 0. The first-order valence-electron chi connectivity index (χ1n) is 8.49. The van der Waals surface area contributed by atoms with Gasteiger partial charge in [0.25, 0.3) is 0 Å². The third-order valence-corrected chi connectivity index (χ3v) is 4.41. The fourth-order valence-corrected chi connectivity index (χ4v) is 3.08. The Hall–Kier alpha value is -1.34. The predicted octanol–water partition coefficient (Wildman–Crippen LogP) is 5.33. The van der Waals surface area contributed by atoms with Crippen LogP contribution >= 0.6 is 0 Å². The van der Waals surface area contributed by atoms with Gasteiger partial charge in [0.2, 0.25) is 0 Å². The molecule has 0 amide bonds. The molecule has 0 bridgehead atoms. The summed E-state index contributed by atoms with van der Waals surface area (Å²) in [6.45, 7) is 2.27. The van der Waals surface area contributed by atoms with Gasteiger partial charge in [0, 0.05) is 6.04 Å². The fraction of sp³-hybridized carbons (Fsp3) is 0.500. The number of benzene rings is 2. The van der Waals surface area contributed by atoms with Crippen LogP contribution < -0.4 is 5.32 Å². The lowest BCUT2D eigenvalue weighted by Crippen LogP contribution is -2.27. The maximum Gasteiger partial charge on any atom is 0.0105 e. The fourth-order valence-electron chi connectivity index (χ4n) is 3.08. The highest BCUT2D eigenvalue weighted by Crippen LogP contribution is 2.21. The van der Waals surface area contributed by atoms with Gasteiger partial charge in [-0.3, -0.25) is 0 Å². The molecule has 0 heterocycles. The number of likely N-dealkylation sites (N-methyl/N-ethyl adjacent to an activating group) is 1. The topological polar surface area (TPSA) is 12.0 Å². The zero-order valence-corrected chi connectivity index (χ0v) is 13.6. The van der Waals surface area contributed by atoms with Crippen LogP contribution in [0.4, 0.5) is 0 Å². The summed E-state index contributed by atoms with van der Waals surface area (Å²) in [5.74, 6) is 0. The van der Waals surface area contributed by atoms with Crippen molar-refractivity contribution in [1.29, 1.82) is 0 Å². The van der Waals surface area contributed by atoms with E-state index in [9.17, 15) is 0 Å². The number of nitrogens with one attached hydrogen (secondary N) is 1. The van der Waals surface area contributed by atoms with Crippen LogP contribution in [-0.4, -0.2) is 13.1 Å². The van der Waals surface area contributed by atoms with E-state index in [0.717, 1.165) is 6.42 Å². The number of unbranched alkanes of at least 4 members (excludes halogenated alkanes) is 4. The van der Waals surface area contributed by atoms with Crippen molar-refractivity contribution < 1.29 is 0 Å². The van der Waals surface area contributed by atoms with Crippen LogP contribution in [0.1, 0.15) is 51.0 Å². The molecule has 0 radical (unpaired) electrons. The van der Waals surface area contributed by atoms with Crippen molar-refractivity contribution in [2.75, 3.05) is 7.05 Å². The van der Waals surface area contributed by atoms with Gasteiger partial charge in [0.1, 0.15) is 0 Å². The smallest absolute Gasteiger partial charge is 0.0105 e. The normalized spacial score (nSPS) is 12.7. The van der Waals surface area contributed by atoms with E-state index in [2.05, 4.69) is 61.8 Å². The molecule has 21 heavy (non-hydrogen) atoms. The number of hydrogen-bond acceptors (Lipinski definition) is 1. The van der Waals surface area contributed by atoms with Crippen molar-refractivity contribution in [2.45, 2.75) is 57.9 Å². The summed E-state index contributed by atoms with van der Waals surface area (Å²) < 4.78 is 0. The van der Waals surface area contributed by atoms with Crippen LogP contribution in [0.15, 0.2) is 42.5 Å². The molecule has 2 rings (SSSR count). The van der Waals surface area contributed by atoms with Crippen LogP contribution in [-0.2, 0) is 6.42 Å². The number of fused-ring (bicyclic) bond motifs is 1. The lowest BCUT2D eigenvalue weighted by atomic mass is 9.96.